The van der Waals surface area contributed by atoms with E-state index in [1.165, 1.54) is 16.4 Å². The van der Waals surface area contributed by atoms with Crippen LogP contribution in [-0.2, 0) is 23.5 Å². The SMILES string of the molecule is CCCc1cn(C)c2c(=O)[nH]c(-c3cc(S(=O)(=O)N4CCC(CC#N)CC4)ccc3OCC)nc12. The molecule has 3 aromatic rings. The Labute approximate surface area is 205 Å². The van der Waals surface area contributed by atoms with Gasteiger partial charge in [0.05, 0.1) is 28.7 Å². The summed E-state index contributed by atoms with van der Waals surface area (Å²) < 4.78 is 35.9. The molecule has 1 aromatic carbocycles. The highest BCUT2D eigenvalue weighted by atomic mass is 32.2. The highest BCUT2D eigenvalue weighted by Crippen LogP contribution is 2.33. The molecule has 0 saturated carbocycles. The Balaban J connectivity index is 1.78. The van der Waals surface area contributed by atoms with E-state index in [-0.39, 0.29) is 22.2 Å². The van der Waals surface area contributed by atoms with Crippen LogP contribution in [0.4, 0.5) is 0 Å². The van der Waals surface area contributed by atoms with Crippen LogP contribution >= 0.6 is 0 Å². The number of aryl methyl sites for hydroxylation is 2. The molecule has 0 radical (unpaired) electrons. The highest BCUT2D eigenvalue weighted by molar-refractivity contribution is 7.89. The number of nitrogens with zero attached hydrogens (tertiary/aromatic N) is 4. The molecule has 2 aromatic heterocycles. The highest BCUT2D eigenvalue weighted by Gasteiger charge is 2.30. The molecule has 0 spiro atoms. The zero-order valence-corrected chi connectivity index (χ0v) is 21.2. The largest absolute Gasteiger partial charge is 0.493 e. The fraction of sp³-hybridized carbons (Fsp3) is 0.480. The molecular weight excluding hydrogens is 466 g/mol. The van der Waals surface area contributed by atoms with E-state index in [4.69, 9.17) is 15.0 Å². The number of H-pyrrole nitrogens is 1. The van der Waals surface area contributed by atoms with Gasteiger partial charge in [0.15, 0.2) is 0 Å². The number of benzene rings is 1. The molecule has 1 saturated heterocycles. The van der Waals surface area contributed by atoms with E-state index in [1.807, 2.05) is 20.2 Å². The van der Waals surface area contributed by atoms with Crippen LogP contribution in [0.15, 0.2) is 34.1 Å². The summed E-state index contributed by atoms with van der Waals surface area (Å²) in [5.41, 5.74) is 2.21. The predicted octanol–water partition coefficient (Wildman–Crippen LogP) is 3.59. The molecule has 0 bridgehead atoms. The van der Waals surface area contributed by atoms with Crippen molar-refractivity contribution in [3.05, 3.63) is 40.3 Å². The number of rotatable bonds is 8. The first-order valence-electron chi connectivity index (χ1n) is 12.0. The van der Waals surface area contributed by atoms with Crippen LogP contribution in [0.3, 0.4) is 0 Å². The van der Waals surface area contributed by atoms with Crippen LogP contribution in [0.1, 0.15) is 45.1 Å². The molecule has 9 nitrogen and oxygen atoms in total. The Morgan fingerprint density at radius 3 is 2.66 bits per heavy atom. The van der Waals surface area contributed by atoms with E-state index in [2.05, 4.69) is 18.0 Å². The quantitative estimate of drug-likeness (QED) is 0.508. The summed E-state index contributed by atoms with van der Waals surface area (Å²) in [6, 6.07) is 6.87. The smallest absolute Gasteiger partial charge is 0.275 e. The van der Waals surface area contributed by atoms with Gasteiger partial charge in [-0.1, -0.05) is 13.3 Å². The first kappa shape index (κ1) is 24.9. The summed E-state index contributed by atoms with van der Waals surface area (Å²) in [5.74, 6) is 0.959. The first-order chi connectivity index (χ1) is 16.8. The maximum absolute atomic E-state index is 13.5. The van der Waals surface area contributed by atoms with E-state index in [9.17, 15) is 13.2 Å². The number of ether oxygens (including phenoxy) is 1. The zero-order valence-electron chi connectivity index (χ0n) is 20.4. The maximum Gasteiger partial charge on any atom is 0.275 e. The fourth-order valence-electron chi connectivity index (χ4n) is 4.73. The number of nitrogens with one attached hydrogen (secondary N) is 1. The summed E-state index contributed by atoms with van der Waals surface area (Å²) >= 11 is 0. The minimum atomic E-state index is -3.76. The van der Waals surface area contributed by atoms with Crippen molar-refractivity contribution in [2.75, 3.05) is 19.7 Å². The molecular formula is C25H31N5O4S. The fourth-order valence-corrected chi connectivity index (χ4v) is 6.22. The molecule has 0 aliphatic carbocycles. The summed E-state index contributed by atoms with van der Waals surface area (Å²) in [5, 5.41) is 8.94. The standard InChI is InChI=1S/C25H31N5O4S/c1-4-6-18-16-29(3)23-22(18)27-24(28-25(23)31)20-15-19(7-8-21(20)34-5-2)35(32,33)30-13-10-17(9-12-26)11-14-30/h7-8,15-17H,4-6,9-11,13-14H2,1-3H3,(H,27,28,31). The van der Waals surface area contributed by atoms with Gasteiger partial charge < -0.3 is 14.3 Å². The molecule has 0 unspecified atom stereocenters. The van der Waals surface area contributed by atoms with Crippen LogP contribution in [-0.4, -0.2) is 47.0 Å². The number of aromatic nitrogens is 3. The Hall–Kier alpha value is -3.16. The van der Waals surface area contributed by atoms with Gasteiger partial charge in [0.2, 0.25) is 10.0 Å². The van der Waals surface area contributed by atoms with Crippen molar-refractivity contribution >= 4 is 21.1 Å². The van der Waals surface area contributed by atoms with Crippen LogP contribution in [0.5, 0.6) is 5.75 Å². The normalized spacial score (nSPS) is 15.4. The Morgan fingerprint density at radius 2 is 2.00 bits per heavy atom. The van der Waals surface area contributed by atoms with E-state index in [0.717, 1.165) is 18.4 Å². The van der Waals surface area contributed by atoms with Crippen molar-refractivity contribution in [2.45, 2.75) is 50.8 Å². The minimum absolute atomic E-state index is 0.124. The lowest BCUT2D eigenvalue weighted by molar-refractivity contribution is 0.276. The average molecular weight is 498 g/mol. The number of piperidine rings is 1. The third kappa shape index (κ3) is 4.83. The molecule has 0 atom stereocenters. The third-order valence-corrected chi connectivity index (χ3v) is 8.41. The van der Waals surface area contributed by atoms with Crippen molar-refractivity contribution in [3.8, 4) is 23.2 Å². The molecule has 1 aliphatic rings. The van der Waals surface area contributed by atoms with E-state index >= 15 is 0 Å². The Bertz CT molecular complexity index is 1430. The van der Waals surface area contributed by atoms with Crippen molar-refractivity contribution in [3.63, 3.8) is 0 Å². The summed E-state index contributed by atoms with van der Waals surface area (Å²) in [6.07, 6.45) is 5.38. The van der Waals surface area contributed by atoms with Gasteiger partial charge in [0.25, 0.3) is 5.56 Å². The van der Waals surface area contributed by atoms with E-state index in [0.29, 0.717) is 61.3 Å². The van der Waals surface area contributed by atoms with Crippen molar-refractivity contribution in [1.82, 2.24) is 18.8 Å². The van der Waals surface area contributed by atoms with Gasteiger partial charge in [-0.2, -0.15) is 9.57 Å². The van der Waals surface area contributed by atoms with Gasteiger partial charge in [0.1, 0.15) is 17.1 Å². The second-order valence-electron chi connectivity index (χ2n) is 8.93. The van der Waals surface area contributed by atoms with Gasteiger partial charge in [-0.05, 0) is 55.9 Å². The second-order valence-corrected chi connectivity index (χ2v) is 10.9. The number of fused-ring (bicyclic) bond motifs is 1. The number of sulfonamides is 1. The molecule has 35 heavy (non-hydrogen) atoms. The number of nitriles is 1. The molecule has 3 heterocycles. The molecule has 1 aliphatic heterocycles. The minimum Gasteiger partial charge on any atom is -0.493 e. The third-order valence-electron chi connectivity index (χ3n) is 6.52. The average Bonchev–Trinajstić information content (AvgIpc) is 3.15. The zero-order chi connectivity index (χ0) is 25.2. The monoisotopic (exact) mass is 497 g/mol. The van der Waals surface area contributed by atoms with E-state index < -0.39 is 10.0 Å². The van der Waals surface area contributed by atoms with Crippen molar-refractivity contribution in [1.29, 1.82) is 5.26 Å². The summed E-state index contributed by atoms with van der Waals surface area (Å²) in [7, 11) is -1.94. The van der Waals surface area contributed by atoms with Gasteiger partial charge >= 0.3 is 0 Å². The first-order valence-corrected chi connectivity index (χ1v) is 13.5. The van der Waals surface area contributed by atoms with Gasteiger partial charge in [-0.3, -0.25) is 4.79 Å². The lowest BCUT2D eigenvalue weighted by Gasteiger charge is -2.30. The van der Waals surface area contributed by atoms with Crippen LogP contribution in [0.2, 0.25) is 0 Å². The number of hydrogen-bond acceptors (Lipinski definition) is 6. The summed E-state index contributed by atoms with van der Waals surface area (Å²) in [6.45, 7) is 5.04. The van der Waals surface area contributed by atoms with Gasteiger partial charge in [0, 0.05) is 32.8 Å². The number of aromatic amines is 1. The molecule has 1 N–H and O–H groups in total. The van der Waals surface area contributed by atoms with Gasteiger partial charge in [-0.25, -0.2) is 13.4 Å². The van der Waals surface area contributed by atoms with Crippen molar-refractivity contribution in [2.24, 2.45) is 13.0 Å². The molecule has 4 rings (SSSR count). The van der Waals surface area contributed by atoms with Gasteiger partial charge in [-0.15, -0.1) is 0 Å². The molecule has 186 valence electrons. The van der Waals surface area contributed by atoms with Crippen LogP contribution in [0.25, 0.3) is 22.4 Å². The maximum atomic E-state index is 13.5. The molecule has 0 amide bonds. The van der Waals surface area contributed by atoms with E-state index in [1.54, 1.807) is 10.6 Å². The number of hydrogen-bond donors (Lipinski definition) is 1. The molecule has 1 fully saturated rings. The Kier molecular flexibility index (Phi) is 7.28. The van der Waals surface area contributed by atoms with Crippen molar-refractivity contribution < 1.29 is 13.2 Å². The predicted molar refractivity (Wildman–Crippen MR) is 134 cm³/mol. The second kappa shape index (κ2) is 10.2. The topological polar surface area (TPSA) is 121 Å². The summed E-state index contributed by atoms with van der Waals surface area (Å²) in [4.78, 5) is 20.7. The lowest BCUT2D eigenvalue weighted by atomic mass is 9.95. The lowest BCUT2D eigenvalue weighted by Crippen LogP contribution is -2.38. The molecule has 10 heteroatoms. The Morgan fingerprint density at radius 1 is 1.26 bits per heavy atom. The van der Waals surface area contributed by atoms with Crippen LogP contribution in [0, 0.1) is 17.2 Å². The van der Waals surface area contributed by atoms with Crippen LogP contribution < -0.4 is 10.3 Å².